The highest BCUT2D eigenvalue weighted by Crippen LogP contribution is 2.17. The van der Waals surface area contributed by atoms with E-state index in [1.54, 1.807) is 6.07 Å². The summed E-state index contributed by atoms with van der Waals surface area (Å²) in [5.41, 5.74) is 2.23. The molecule has 0 aliphatic rings. The highest BCUT2D eigenvalue weighted by atomic mass is 35.5. The maximum Gasteiger partial charge on any atom is 0.488 e. The van der Waals surface area contributed by atoms with Crippen molar-refractivity contribution in [3.05, 3.63) is 58.6 Å². The van der Waals surface area contributed by atoms with Gasteiger partial charge in [0.1, 0.15) is 0 Å². The van der Waals surface area contributed by atoms with Crippen LogP contribution in [0.3, 0.4) is 0 Å². The molecule has 0 aromatic heterocycles. The monoisotopic (exact) mass is 289 g/mol. The summed E-state index contributed by atoms with van der Waals surface area (Å²) < 4.78 is 0. The molecule has 2 rings (SSSR count). The first kappa shape index (κ1) is 14.6. The summed E-state index contributed by atoms with van der Waals surface area (Å²) >= 11 is 5.98. The van der Waals surface area contributed by atoms with Crippen LogP contribution in [0.1, 0.15) is 15.9 Å². The van der Waals surface area contributed by atoms with Crippen LogP contribution < -0.4 is 10.8 Å². The molecule has 0 atom stereocenters. The Morgan fingerprint density at radius 2 is 1.95 bits per heavy atom. The van der Waals surface area contributed by atoms with Crippen LogP contribution in [0.15, 0.2) is 42.5 Å². The number of halogens is 1. The van der Waals surface area contributed by atoms with Crippen LogP contribution in [0.2, 0.25) is 5.02 Å². The number of benzene rings is 2. The third-order valence-electron chi connectivity index (χ3n) is 2.81. The molecule has 0 saturated carbocycles. The molecule has 4 nitrogen and oxygen atoms in total. The number of rotatable bonds is 3. The predicted octanol–water partition coefficient (Wildman–Crippen LogP) is 1.58. The van der Waals surface area contributed by atoms with Crippen molar-refractivity contribution < 1.29 is 14.8 Å². The number of nitrogens with one attached hydrogen (secondary N) is 1. The van der Waals surface area contributed by atoms with E-state index in [1.807, 2.05) is 25.1 Å². The summed E-state index contributed by atoms with van der Waals surface area (Å²) in [6, 6.07) is 11.7. The van der Waals surface area contributed by atoms with Crippen molar-refractivity contribution in [2.75, 3.05) is 5.32 Å². The van der Waals surface area contributed by atoms with Gasteiger partial charge in [-0.15, -0.1) is 0 Å². The molecule has 2 aromatic rings. The van der Waals surface area contributed by atoms with E-state index < -0.39 is 7.12 Å². The molecular weight excluding hydrogens is 276 g/mol. The Hall–Kier alpha value is -1.82. The lowest BCUT2D eigenvalue weighted by Gasteiger charge is -2.08. The molecule has 6 heteroatoms. The van der Waals surface area contributed by atoms with Crippen LogP contribution in [0.5, 0.6) is 0 Å². The third-order valence-corrected chi connectivity index (χ3v) is 3.12. The number of carbonyl (C=O) groups excluding carboxylic acids is 1. The molecule has 0 aliphatic carbocycles. The molecule has 0 bridgehead atoms. The first-order valence-corrected chi connectivity index (χ1v) is 6.39. The Labute approximate surface area is 122 Å². The molecule has 2 aromatic carbocycles. The van der Waals surface area contributed by atoms with Crippen LogP contribution in [-0.4, -0.2) is 23.1 Å². The maximum absolute atomic E-state index is 12.1. The van der Waals surface area contributed by atoms with Gasteiger partial charge in [0.2, 0.25) is 0 Å². The van der Waals surface area contributed by atoms with E-state index >= 15 is 0 Å². The lowest BCUT2D eigenvalue weighted by atomic mass is 9.80. The van der Waals surface area contributed by atoms with E-state index in [-0.39, 0.29) is 22.0 Å². The molecule has 20 heavy (non-hydrogen) atoms. The smallest absolute Gasteiger partial charge is 0.423 e. The van der Waals surface area contributed by atoms with E-state index in [1.165, 1.54) is 18.2 Å². The van der Waals surface area contributed by atoms with Crippen molar-refractivity contribution >= 4 is 35.8 Å². The van der Waals surface area contributed by atoms with Gasteiger partial charge in [0.05, 0.1) is 10.6 Å². The van der Waals surface area contributed by atoms with E-state index in [0.29, 0.717) is 5.69 Å². The zero-order valence-electron chi connectivity index (χ0n) is 10.8. The number of carbonyl (C=O) groups is 1. The van der Waals surface area contributed by atoms with Gasteiger partial charge in [0.25, 0.3) is 5.91 Å². The van der Waals surface area contributed by atoms with E-state index in [4.69, 9.17) is 21.6 Å². The second-order valence-corrected chi connectivity index (χ2v) is 4.84. The Bertz CT molecular complexity index is 646. The number of aryl methyl sites for hydroxylation is 1. The summed E-state index contributed by atoms with van der Waals surface area (Å²) in [4.78, 5) is 12.1. The Balaban J connectivity index is 2.21. The molecule has 0 radical (unpaired) electrons. The molecule has 0 saturated heterocycles. The van der Waals surface area contributed by atoms with Gasteiger partial charge < -0.3 is 15.4 Å². The molecule has 0 fully saturated rings. The second-order valence-electron chi connectivity index (χ2n) is 4.44. The minimum Gasteiger partial charge on any atom is -0.423 e. The zero-order valence-corrected chi connectivity index (χ0v) is 11.6. The van der Waals surface area contributed by atoms with Gasteiger partial charge in [0, 0.05) is 5.69 Å². The summed E-state index contributed by atoms with van der Waals surface area (Å²) in [5.74, 6) is -0.348. The first-order valence-electron chi connectivity index (χ1n) is 6.01. The van der Waals surface area contributed by atoms with Gasteiger partial charge in [-0.25, -0.2) is 0 Å². The topological polar surface area (TPSA) is 69.6 Å². The third kappa shape index (κ3) is 3.39. The molecule has 0 unspecified atom stereocenters. The zero-order chi connectivity index (χ0) is 14.7. The lowest BCUT2D eigenvalue weighted by molar-refractivity contribution is 0.102. The molecule has 0 spiro atoms. The Kier molecular flexibility index (Phi) is 4.44. The predicted molar refractivity (Wildman–Crippen MR) is 80.4 cm³/mol. The SMILES string of the molecule is Cc1cccc(NC(=O)c2ccc(B(O)O)cc2Cl)c1. The summed E-state index contributed by atoms with van der Waals surface area (Å²) in [6.07, 6.45) is 0. The number of anilines is 1. The highest BCUT2D eigenvalue weighted by Gasteiger charge is 2.16. The van der Waals surface area contributed by atoms with Gasteiger partial charge in [-0.05, 0) is 42.2 Å². The van der Waals surface area contributed by atoms with E-state index in [2.05, 4.69) is 5.32 Å². The Morgan fingerprint density at radius 1 is 1.20 bits per heavy atom. The highest BCUT2D eigenvalue weighted by molar-refractivity contribution is 6.59. The molecular formula is C14H13BClNO3. The minimum absolute atomic E-state index is 0.167. The fraction of sp³-hybridized carbons (Fsp3) is 0.0714. The van der Waals surface area contributed by atoms with E-state index in [0.717, 1.165) is 5.56 Å². The van der Waals surface area contributed by atoms with Gasteiger partial charge >= 0.3 is 7.12 Å². The van der Waals surface area contributed by atoms with E-state index in [9.17, 15) is 4.79 Å². The standard InChI is InChI=1S/C14H13BClNO3/c1-9-3-2-4-11(7-9)17-14(18)12-6-5-10(15(19)20)8-13(12)16/h2-8,19-20H,1H3,(H,17,18). The van der Waals surface area contributed by atoms with Crippen LogP contribution in [-0.2, 0) is 0 Å². The molecule has 0 aliphatic heterocycles. The first-order chi connectivity index (χ1) is 9.47. The summed E-state index contributed by atoms with van der Waals surface area (Å²) in [6.45, 7) is 1.93. The van der Waals surface area contributed by atoms with Gasteiger partial charge in [-0.3, -0.25) is 4.79 Å². The summed E-state index contributed by atoms with van der Waals surface area (Å²) in [5, 5.41) is 21.0. The number of amides is 1. The van der Waals surface area contributed by atoms with Crippen molar-refractivity contribution in [1.29, 1.82) is 0 Å². The van der Waals surface area contributed by atoms with Gasteiger partial charge in [-0.1, -0.05) is 29.8 Å². The Morgan fingerprint density at radius 3 is 2.55 bits per heavy atom. The van der Waals surface area contributed by atoms with Gasteiger partial charge in [0.15, 0.2) is 0 Å². The molecule has 0 heterocycles. The molecule has 1 amide bonds. The second kappa shape index (κ2) is 6.09. The van der Waals surface area contributed by atoms with Crippen LogP contribution in [0.4, 0.5) is 5.69 Å². The average molecular weight is 290 g/mol. The fourth-order valence-electron chi connectivity index (χ4n) is 1.80. The largest absolute Gasteiger partial charge is 0.488 e. The molecule has 102 valence electrons. The minimum atomic E-state index is -1.61. The molecule has 3 N–H and O–H groups in total. The quantitative estimate of drug-likeness (QED) is 0.751. The number of hydrogen-bond acceptors (Lipinski definition) is 3. The normalized spacial score (nSPS) is 10.2. The van der Waals surface area contributed by atoms with Crippen LogP contribution in [0, 0.1) is 6.92 Å². The van der Waals surface area contributed by atoms with Crippen LogP contribution in [0.25, 0.3) is 0 Å². The van der Waals surface area contributed by atoms with Crippen molar-refractivity contribution in [3.8, 4) is 0 Å². The summed E-state index contributed by atoms with van der Waals surface area (Å²) in [7, 11) is -1.61. The number of hydrogen-bond donors (Lipinski definition) is 3. The van der Waals surface area contributed by atoms with Crippen LogP contribution >= 0.6 is 11.6 Å². The van der Waals surface area contributed by atoms with Crippen molar-refractivity contribution in [2.24, 2.45) is 0 Å². The maximum atomic E-state index is 12.1. The van der Waals surface area contributed by atoms with Crippen molar-refractivity contribution in [1.82, 2.24) is 0 Å². The van der Waals surface area contributed by atoms with Gasteiger partial charge in [-0.2, -0.15) is 0 Å². The fourth-order valence-corrected chi connectivity index (χ4v) is 2.07. The van der Waals surface area contributed by atoms with Crippen molar-refractivity contribution in [2.45, 2.75) is 6.92 Å². The lowest BCUT2D eigenvalue weighted by Crippen LogP contribution is -2.30. The average Bonchev–Trinajstić information content (AvgIpc) is 2.38. The van der Waals surface area contributed by atoms with Crippen molar-refractivity contribution in [3.63, 3.8) is 0 Å².